The molecule has 1 saturated heterocycles. The number of carbonyl (C=O) groups is 1. The van der Waals surface area contributed by atoms with Gasteiger partial charge in [-0.15, -0.1) is 23.4 Å². The van der Waals surface area contributed by atoms with Crippen LogP contribution in [0.2, 0.25) is 0 Å². The predicted molar refractivity (Wildman–Crippen MR) is 99.4 cm³/mol. The van der Waals surface area contributed by atoms with E-state index in [4.69, 9.17) is 16.3 Å². The van der Waals surface area contributed by atoms with Gasteiger partial charge in [-0.2, -0.15) is 0 Å². The Labute approximate surface area is 151 Å². The molecular formula is C19H20ClNO2S. The average molecular weight is 362 g/mol. The molecule has 1 heterocycles. The van der Waals surface area contributed by atoms with Gasteiger partial charge in [0.05, 0.1) is 0 Å². The third-order valence-electron chi connectivity index (χ3n) is 3.91. The SMILES string of the molecule is C[C@@H](Cl)C(=O)N1CCS[C@@H]1c1cccc(OCc2ccccc2)c1. The molecule has 0 unspecified atom stereocenters. The molecule has 0 bridgehead atoms. The number of benzene rings is 2. The third kappa shape index (κ3) is 4.05. The van der Waals surface area contributed by atoms with Gasteiger partial charge in [0.1, 0.15) is 23.1 Å². The van der Waals surface area contributed by atoms with Crippen LogP contribution in [0.5, 0.6) is 5.75 Å². The highest BCUT2D eigenvalue weighted by Crippen LogP contribution is 2.39. The van der Waals surface area contributed by atoms with Gasteiger partial charge in [-0.05, 0) is 30.2 Å². The number of halogens is 1. The molecule has 3 rings (SSSR count). The molecule has 0 aliphatic carbocycles. The smallest absolute Gasteiger partial charge is 0.241 e. The highest BCUT2D eigenvalue weighted by atomic mass is 35.5. The van der Waals surface area contributed by atoms with E-state index in [1.54, 1.807) is 18.7 Å². The fourth-order valence-electron chi connectivity index (χ4n) is 2.70. The molecule has 0 radical (unpaired) electrons. The lowest BCUT2D eigenvalue weighted by Gasteiger charge is -2.25. The second kappa shape index (κ2) is 7.95. The maximum absolute atomic E-state index is 12.3. The number of carbonyl (C=O) groups excluding carboxylic acids is 1. The van der Waals surface area contributed by atoms with Gasteiger partial charge >= 0.3 is 0 Å². The van der Waals surface area contributed by atoms with E-state index in [-0.39, 0.29) is 11.3 Å². The van der Waals surface area contributed by atoms with Gasteiger partial charge in [0.25, 0.3) is 0 Å². The minimum absolute atomic E-state index is 0.0118. The Morgan fingerprint density at radius 2 is 2.08 bits per heavy atom. The Kier molecular flexibility index (Phi) is 5.69. The Morgan fingerprint density at radius 1 is 1.29 bits per heavy atom. The van der Waals surface area contributed by atoms with Crippen LogP contribution in [0.1, 0.15) is 23.4 Å². The fourth-order valence-corrected chi connectivity index (χ4v) is 4.08. The Balaban J connectivity index is 1.71. The summed E-state index contributed by atoms with van der Waals surface area (Å²) in [5, 5.41) is -0.484. The average Bonchev–Trinajstić information content (AvgIpc) is 3.10. The molecule has 0 spiro atoms. The van der Waals surface area contributed by atoms with E-state index in [9.17, 15) is 4.79 Å². The van der Waals surface area contributed by atoms with Crippen molar-refractivity contribution in [2.24, 2.45) is 0 Å². The molecule has 2 aromatic carbocycles. The van der Waals surface area contributed by atoms with E-state index in [2.05, 4.69) is 0 Å². The summed E-state index contributed by atoms with van der Waals surface area (Å²) in [7, 11) is 0. The van der Waals surface area contributed by atoms with Crippen molar-refractivity contribution in [2.75, 3.05) is 12.3 Å². The normalized spacial score (nSPS) is 18.4. The zero-order valence-electron chi connectivity index (χ0n) is 13.5. The predicted octanol–water partition coefficient (Wildman–Crippen LogP) is 4.47. The summed E-state index contributed by atoms with van der Waals surface area (Å²) in [6, 6.07) is 18.1. The van der Waals surface area contributed by atoms with Crippen LogP contribution in [0.25, 0.3) is 0 Å². The van der Waals surface area contributed by atoms with Crippen LogP contribution < -0.4 is 4.74 Å². The van der Waals surface area contributed by atoms with Gasteiger partial charge in [-0.25, -0.2) is 0 Å². The highest BCUT2D eigenvalue weighted by molar-refractivity contribution is 7.99. The van der Waals surface area contributed by atoms with Gasteiger partial charge in [-0.1, -0.05) is 42.5 Å². The van der Waals surface area contributed by atoms with E-state index >= 15 is 0 Å². The largest absolute Gasteiger partial charge is 0.489 e. The molecule has 0 saturated carbocycles. The molecule has 24 heavy (non-hydrogen) atoms. The summed E-state index contributed by atoms with van der Waals surface area (Å²) in [5.41, 5.74) is 2.21. The molecule has 0 aromatic heterocycles. The first-order valence-electron chi connectivity index (χ1n) is 7.98. The Hall–Kier alpha value is -1.65. The van der Waals surface area contributed by atoms with Crippen molar-refractivity contribution in [2.45, 2.75) is 24.3 Å². The van der Waals surface area contributed by atoms with E-state index < -0.39 is 5.38 Å². The first kappa shape index (κ1) is 17.2. The number of hydrogen-bond acceptors (Lipinski definition) is 3. The molecule has 2 aromatic rings. The van der Waals surface area contributed by atoms with Gasteiger partial charge in [-0.3, -0.25) is 4.79 Å². The van der Waals surface area contributed by atoms with Crippen LogP contribution >= 0.6 is 23.4 Å². The van der Waals surface area contributed by atoms with Crippen molar-refractivity contribution in [1.82, 2.24) is 4.90 Å². The molecule has 1 aliphatic heterocycles. The minimum atomic E-state index is -0.497. The van der Waals surface area contributed by atoms with Gasteiger partial charge in [0.15, 0.2) is 0 Å². The quantitative estimate of drug-likeness (QED) is 0.736. The van der Waals surface area contributed by atoms with Crippen LogP contribution in [0.15, 0.2) is 54.6 Å². The lowest BCUT2D eigenvalue weighted by atomic mass is 10.2. The lowest BCUT2D eigenvalue weighted by molar-refractivity contribution is -0.130. The van der Waals surface area contributed by atoms with E-state index in [0.29, 0.717) is 6.61 Å². The zero-order valence-corrected chi connectivity index (χ0v) is 15.1. The van der Waals surface area contributed by atoms with E-state index in [0.717, 1.165) is 29.2 Å². The molecular weight excluding hydrogens is 342 g/mol. The first-order valence-corrected chi connectivity index (χ1v) is 9.46. The van der Waals surface area contributed by atoms with Crippen LogP contribution in [-0.2, 0) is 11.4 Å². The van der Waals surface area contributed by atoms with Crippen molar-refractivity contribution in [1.29, 1.82) is 0 Å². The van der Waals surface area contributed by atoms with Gasteiger partial charge in [0.2, 0.25) is 5.91 Å². The maximum atomic E-state index is 12.3. The van der Waals surface area contributed by atoms with Crippen LogP contribution in [-0.4, -0.2) is 28.5 Å². The first-order chi connectivity index (χ1) is 11.6. The Bertz CT molecular complexity index is 693. The van der Waals surface area contributed by atoms with Crippen molar-refractivity contribution in [3.05, 3.63) is 65.7 Å². The second-order valence-corrected chi connectivity index (χ2v) is 7.56. The molecule has 1 aliphatic rings. The number of alkyl halides is 1. The number of nitrogens with zero attached hydrogens (tertiary/aromatic N) is 1. The number of amides is 1. The van der Waals surface area contributed by atoms with Crippen molar-refractivity contribution >= 4 is 29.3 Å². The molecule has 1 fully saturated rings. The van der Waals surface area contributed by atoms with Crippen LogP contribution in [0, 0.1) is 0 Å². The summed E-state index contributed by atoms with van der Waals surface area (Å²) < 4.78 is 5.90. The summed E-state index contributed by atoms with van der Waals surface area (Å²) in [6.07, 6.45) is 0. The molecule has 126 valence electrons. The lowest BCUT2D eigenvalue weighted by Crippen LogP contribution is -2.35. The summed E-state index contributed by atoms with van der Waals surface area (Å²) in [4.78, 5) is 14.1. The van der Waals surface area contributed by atoms with Gasteiger partial charge < -0.3 is 9.64 Å². The molecule has 3 nitrogen and oxygen atoms in total. The summed E-state index contributed by atoms with van der Waals surface area (Å²) in [5.74, 6) is 1.73. The number of ether oxygens (including phenoxy) is 1. The topological polar surface area (TPSA) is 29.5 Å². The number of rotatable bonds is 5. The third-order valence-corrected chi connectivity index (χ3v) is 5.35. The monoisotopic (exact) mass is 361 g/mol. The van der Waals surface area contributed by atoms with E-state index in [1.807, 2.05) is 59.5 Å². The number of hydrogen-bond donors (Lipinski definition) is 0. The fraction of sp³-hybridized carbons (Fsp3) is 0.316. The Morgan fingerprint density at radius 3 is 2.83 bits per heavy atom. The molecule has 5 heteroatoms. The summed E-state index contributed by atoms with van der Waals surface area (Å²) >= 11 is 7.75. The summed E-state index contributed by atoms with van der Waals surface area (Å²) in [6.45, 7) is 2.99. The molecule has 1 amide bonds. The standard InChI is InChI=1S/C19H20ClNO2S/c1-14(20)18(22)21-10-11-24-19(21)16-8-5-9-17(12-16)23-13-15-6-3-2-4-7-15/h2-9,12,14,19H,10-11,13H2,1H3/t14-,19-/m1/s1. The maximum Gasteiger partial charge on any atom is 0.241 e. The minimum Gasteiger partial charge on any atom is -0.489 e. The van der Waals surface area contributed by atoms with Crippen molar-refractivity contribution in [3.8, 4) is 5.75 Å². The number of thioether (sulfide) groups is 1. The van der Waals surface area contributed by atoms with Crippen LogP contribution in [0.4, 0.5) is 0 Å². The van der Waals surface area contributed by atoms with Crippen molar-refractivity contribution < 1.29 is 9.53 Å². The molecule has 2 atom stereocenters. The van der Waals surface area contributed by atoms with Crippen molar-refractivity contribution in [3.63, 3.8) is 0 Å². The van der Waals surface area contributed by atoms with E-state index in [1.165, 1.54) is 0 Å². The second-order valence-electron chi connectivity index (χ2n) is 5.72. The molecule has 0 N–H and O–H groups in total. The highest BCUT2D eigenvalue weighted by Gasteiger charge is 2.32. The zero-order chi connectivity index (χ0) is 16.9. The van der Waals surface area contributed by atoms with Gasteiger partial charge in [0, 0.05) is 12.3 Å². The van der Waals surface area contributed by atoms with Crippen LogP contribution in [0.3, 0.4) is 0 Å².